The van der Waals surface area contributed by atoms with Crippen LogP contribution in [0.1, 0.15) is 34.1 Å². The number of esters is 1. The van der Waals surface area contributed by atoms with Crippen LogP contribution in [0.5, 0.6) is 0 Å². The molecule has 1 aliphatic rings. The van der Waals surface area contributed by atoms with Gasteiger partial charge in [0.05, 0.1) is 6.61 Å². The van der Waals surface area contributed by atoms with Crippen molar-refractivity contribution in [2.24, 2.45) is 0 Å². The molecule has 4 nitrogen and oxygen atoms in total. The molecular weight excluding hydrogens is 208 g/mol. The molecule has 1 saturated heterocycles. The molecule has 0 N–H and O–H groups in total. The molecule has 1 aliphatic heterocycles. The Balaban J connectivity index is 2.87. The smallest absolute Gasteiger partial charge is 0.303 e. The number of hydrogen-bond acceptors (Lipinski definition) is 4. The summed E-state index contributed by atoms with van der Waals surface area (Å²) in [6, 6.07) is 0. The molecule has 0 aromatic carbocycles. The van der Waals surface area contributed by atoms with E-state index in [0.717, 1.165) is 0 Å². The highest BCUT2D eigenvalue weighted by molar-refractivity contribution is 5.66. The molecule has 1 heterocycles. The number of carbonyl (C=O) groups is 1. The lowest BCUT2D eigenvalue weighted by molar-refractivity contribution is -0.185. The third kappa shape index (κ3) is 2.62. The highest BCUT2D eigenvalue weighted by Crippen LogP contribution is 2.36. The zero-order chi connectivity index (χ0) is 12.4. The minimum atomic E-state index is -0.732. The Morgan fingerprint density at radius 1 is 1.62 bits per heavy atom. The van der Waals surface area contributed by atoms with Crippen molar-refractivity contribution in [1.29, 1.82) is 0 Å². The lowest BCUT2D eigenvalue weighted by Crippen LogP contribution is -2.46. The van der Waals surface area contributed by atoms with E-state index >= 15 is 0 Å². The second-order valence-electron chi connectivity index (χ2n) is 4.46. The summed E-state index contributed by atoms with van der Waals surface area (Å²) >= 11 is 0. The van der Waals surface area contributed by atoms with Gasteiger partial charge in [0.2, 0.25) is 0 Å². The third-order valence-corrected chi connectivity index (χ3v) is 2.65. The van der Waals surface area contributed by atoms with E-state index in [1.807, 2.05) is 20.8 Å². The molecule has 0 radical (unpaired) electrons. The maximum absolute atomic E-state index is 11.0. The number of hydrogen-bond donors (Lipinski definition) is 0. The van der Waals surface area contributed by atoms with Gasteiger partial charge in [-0.05, 0) is 20.3 Å². The van der Waals surface area contributed by atoms with Crippen LogP contribution in [0.2, 0.25) is 0 Å². The quantitative estimate of drug-likeness (QED) is 0.545. The molecule has 0 aromatic rings. The van der Waals surface area contributed by atoms with Crippen LogP contribution in [0, 0.1) is 0 Å². The van der Waals surface area contributed by atoms with Crippen LogP contribution in [0.25, 0.3) is 0 Å². The van der Waals surface area contributed by atoms with E-state index in [1.54, 1.807) is 6.08 Å². The summed E-state index contributed by atoms with van der Waals surface area (Å²) < 4.78 is 16.6. The van der Waals surface area contributed by atoms with Gasteiger partial charge in [0.1, 0.15) is 11.7 Å². The second kappa shape index (κ2) is 4.55. The Morgan fingerprint density at radius 3 is 2.56 bits per heavy atom. The molecule has 0 spiro atoms. The van der Waals surface area contributed by atoms with Crippen molar-refractivity contribution in [2.45, 2.75) is 51.6 Å². The fraction of sp³-hybridized carbons (Fsp3) is 0.750. The van der Waals surface area contributed by atoms with E-state index in [9.17, 15) is 4.79 Å². The predicted molar refractivity (Wildman–Crippen MR) is 59.9 cm³/mol. The van der Waals surface area contributed by atoms with Crippen molar-refractivity contribution in [2.75, 3.05) is 6.61 Å². The summed E-state index contributed by atoms with van der Waals surface area (Å²) in [5.74, 6) is -0.983. The highest BCUT2D eigenvalue weighted by atomic mass is 16.8. The van der Waals surface area contributed by atoms with E-state index in [1.165, 1.54) is 6.92 Å². The average Bonchev–Trinajstić information content (AvgIpc) is 2.51. The fourth-order valence-electron chi connectivity index (χ4n) is 1.92. The summed E-state index contributed by atoms with van der Waals surface area (Å²) in [7, 11) is 0. The highest BCUT2D eigenvalue weighted by Gasteiger charge is 2.49. The molecule has 1 fully saturated rings. The molecule has 2 atom stereocenters. The molecule has 92 valence electrons. The van der Waals surface area contributed by atoms with Crippen LogP contribution in [0.4, 0.5) is 0 Å². The summed E-state index contributed by atoms with van der Waals surface area (Å²) in [4.78, 5) is 11.0. The third-order valence-electron chi connectivity index (χ3n) is 2.65. The largest absolute Gasteiger partial charge is 0.459 e. The molecule has 16 heavy (non-hydrogen) atoms. The van der Waals surface area contributed by atoms with Crippen molar-refractivity contribution < 1.29 is 19.0 Å². The molecular formula is C12H20O4. The van der Waals surface area contributed by atoms with Crippen LogP contribution >= 0.6 is 0 Å². The molecule has 4 heteroatoms. The van der Waals surface area contributed by atoms with Gasteiger partial charge < -0.3 is 14.2 Å². The van der Waals surface area contributed by atoms with Gasteiger partial charge >= 0.3 is 5.97 Å². The van der Waals surface area contributed by atoms with Gasteiger partial charge in [0.25, 0.3) is 0 Å². The molecule has 0 aliphatic carbocycles. The van der Waals surface area contributed by atoms with Crippen LogP contribution in [0.15, 0.2) is 12.7 Å². The Kier molecular flexibility index (Phi) is 3.76. The van der Waals surface area contributed by atoms with E-state index in [-0.39, 0.29) is 12.1 Å². The van der Waals surface area contributed by atoms with Crippen LogP contribution < -0.4 is 0 Å². The zero-order valence-corrected chi connectivity index (χ0v) is 10.4. The van der Waals surface area contributed by atoms with Gasteiger partial charge in [-0.25, -0.2) is 0 Å². The summed E-state index contributed by atoms with van der Waals surface area (Å²) in [6.07, 6.45) is 1.97. The van der Waals surface area contributed by atoms with Gasteiger partial charge in [-0.2, -0.15) is 0 Å². The molecule has 0 bridgehead atoms. The Bertz CT molecular complexity index is 285. The lowest BCUT2D eigenvalue weighted by Gasteiger charge is -2.32. The van der Waals surface area contributed by atoms with Gasteiger partial charge in [-0.1, -0.05) is 19.6 Å². The SMILES string of the molecule is C=C[C@]1([C@@H](CC)OC(C)=O)COC(C)(C)O1. The fourth-order valence-corrected chi connectivity index (χ4v) is 1.92. The van der Waals surface area contributed by atoms with Crippen LogP contribution in [0.3, 0.4) is 0 Å². The predicted octanol–water partition coefficient (Wildman–Crippen LogP) is 2.04. The maximum Gasteiger partial charge on any atom is 0.303 e. The number of carbonyl (C=O) groups excluding carboxylic acids is 1. The first kappa shape index (κ1) is 13.2. The first-order valence-electron chi connectivity index (χ1n) is 5.50. The normalized spacial score (nSPS) is 29.8. The Labute approximate surface area is 96.6 Å². The van der Waals surface area contributed by atoms with Gasteiger partial charge in [0, 0.05) is 6.92 Å². The van der Waals surface area contributed by atoms with Crippen LogP contribution in [-0.2, 0) is 19.0 Å². The molecule has 0 unspecified atom stereocenters. The number of ether oxygens (including phenoxy) is 3. The van der Waals surface area contributed by atoms with Crippen molar-refractivity contribution in [1.82, 2.24) is 0 Å². The van der Waals surface area contributed by atoms with Gasteiger partial charge in [0.15, 0.2) is 5.79 Å². The molecule has 1 rings (SSSR count). The molecule has 0 saturated carbocycles. The lowest BCUT2D eigenvalue weighted by atomic mass is 9.95. The summed E-state index contributed by atoms with van der Waals surface area (Å²) in [5.41, 5.74) is -0.732. The monoisotopic (exact) mass is 228 g/mol. The van der Waals surface area contributed by atoms with Gasteiger partial charge in [-0.3, -0.25) is 4.79 Å². The maximum atomic E-state index is 11.0. The van der Waals surface area contributed by atoms with E-state index in [0.29, 0.717) is 13.0 Å². The Morgan fingerprint density at radius 2 is 2.25 bits per heavy atom. The van der Waals surface area contributed by atoms with Crippen LogP contribution in [-0.4, -0.2) is 30.1 Å². The topological polar surface area (TPSA) is 44.8 Å². The molecule has 0 aromatic heterocycles. The van der Waals surface area contributed by atoms with Crippen molar-refractivity contribution >= 4 is 5.97 Å². The van der Waals surface area contributed by atoms with Crippen molar-refractivity contribution in [3.05, 3.63) is 12.7 Å². The first-order chi connectivity index (χ1) is 7.35. The second-order valence-corrected chi connectivity index (χ2v) is 4.46. The number of rotatable bonds is 4. The van der Waals surface area contributed by atoms with Gasteiger partial charge in [-0.15, -0.1) is 0 Å². The summed E-state index contributed by atoms with van der Waals surface area (Å²) in [5, 5.41) is 0. The minimum Gasteiger partial charge on any atom is -0.459 e. The van der Waals surface area contributed by atoms with E-state index in [4.69, 9.17) is 14.2 Å². The first-order valence-corrected chi connectivity index (χ1v) is 5.50. The van der Waals surface area contributed by atoms with Crippen molar-refractivity contribution in [3.8, 4) is 0 Å². The van der Waals surface area contributed by atoms with E-state index < -0.39 is 11.4 Å². The Hall–Kier alpha value is -0.870. The average molecular weight is 228 g/mol. The van der Waals surface area contributed by atoms with Crippen molar-refractivity contribution in [3.63, 3.8) is 0 Å². The zero-order valence-electron chi connectivity index (χ0n) is 10.4. The molecule has 0 amide bonds. The minimum absolute atomic E-state index is 0.318. The summed E-state index contributed by atoms with van der Waals surface area (Å²) in [6.45, 7) is 11.1. The van der Waals surface area contributed by atoms with E-state index in [2.05, 4.69) is 6.58 Å². The standard InChI is InChI=1S/C12H20O4/c1-6-10(15-9(3)13)12(7-2)8-14-11(4,5)16-12/h7,10H,2,6,8H2,1,3-5H3/t10-,12-/m1/s1.